The Bertz CT molecular complexity index is 1210. The number of H-pyrrole nitrogens is 1. The van der Waals surface area contributed by atoms with E-state index in [2.05, 4.69) is 14.9 Å². The van der Waals surface area contributed by atoms with Gasteiger partial charge >= 0.3 is 17.3 Å². The van der Waals surface area contributed by atoms with Crippen molar-refractivity contribution < 1.29 is 13.2 Å². The third kappa shape index (κ3) is 3.95. The number of likely N-dealkylation sites (tertiary alicyclic amines) is 1. The number of benzene rings is 1. The molecular formula is C20H20F3N5O2. The van der Waals surface area contributed by atoms with E-state index >= 15 is 0 Å². The number of fused-ring (bicyclic) bond motifs is 1. The van der Waals surface area contributed by atoms with Crippen LogP contribution in [0.4, 0.5) is 19.0 Å². The Morgan fingerprint density at radius 1 is 1.07 bits per heavy atom. The standard InChI is InChI=1S/C20H20F3N5O2/c21-20(22,23)15-9-14-16(17(24)25-15)26-18(29)19(30)28(14)11-13-5-3-4-12(8-13)10-27-6-1-2-7-27/h3-5,8-9H,1-2,6-7,10-11H2,(H2,24,25)(H,26,29). The second-order valence-electron chi connectivity index (χ2n) is 7.43. The van der Waals surface area contributed by atoms with E-state index < -0.39 is 28.8 Å². The molecule has 1 saturated heterocycles. The van der Waals surface area contributed by atoms with Crippen molar-refractivity contribution in [2.45, 2.75) is 32.1 Å². The first-order chi connectivity index (χ1) is 14.2. The summed E-state index contributed by atoms with van der Waals surface area (Å²) in [5, 5.41) is 0. The van der Waals surface area contributed by atoms with Gasteiger partial charge in [-0.05, 0) is 43.1 Å². The lowest BCUT2D eigenvalue weighted by Crippen LogP contribution is -2.37. The summed E-state index contributed by atoms with van der Waals surface area (Å²) in [5.41, 5.74) is 4.02. The van der Waals surface area contributed by atoms with Crippen LogP contribution >= 0.6 is 0 Å². The number of rotatable bonds is 4. The molecule has 1 fully saturated rings. The van der Waals surface area contributed by atoms with E-state index in [0.717, 1.165) is 48.7 Å². The average molecular weight is 419 g/mol. The first-order valence-corrected chi connectivity index (χ1v) is 9.53. The smallest absolute Gasteiger partial charge is 0.382 e. The molecule has 0 atom stereocenters. The number of anilines is 1. The van der Waals surface area contributed by atoms with Crippen molar-refractivity contribution in [3.8, 4) is 0 Å². The Kier molecular flexibility index (Phi) is 5.10. The number of nitrogens with one attached hydrogen (secondary N) is 1. The number of pyridine rings is 1. The molecule has 2 aromatic heterocycles. The van der Waals surface area contributed by atoms with Crippen LogP contribution in [0, 0.1) is 0 Å². The van der Waals surface area contributed by atoms with Crippen LogP contribution in [0.15, 0.2) is 39.9 Å². The Hall–Kier alpha value is -3.14. The number of aromatic amines is 1. The van der Waals surface area contributed by atoms with Gasteiger partial charge in [-0.2, -0.15) is 13.2 Å². The summed E-state index contributed by atoms with van der Waals surface area (Å²) in [6, 6.07) is 8.19. The minimum atomic E-state index is -4.74. The Morgan fingerprint density at radius 2 is 1.73 bits per heavy atom. The maximum Gasteiger partial charge on any atom is 0.433 e. The van der Waals surface area contributed by atoms with Gasteiger partial charge in [0.15, 0.2) is 0 Å². The highest BCUT2D eigenvalue weighted by Crippen LogP contribution is 2.30. The lowest BCUT2D eigenvalue weighted by atomic mass is 10.1. The van der Waals surface area contributed by atoms with Crippen molar-refractivity contribution in [3.05, 3.63) is 67.9 Å². The number of halogens is 3. The fourth-order valence-electron chi connectivity index (χ4n) is 3.80. The van der Waals surface area contributed by atoms with E-state index in [0.29, 0.717) is 5.56 Å². The molecule has 0 spiro atoms. The Labute approximate surface area is 169 Å². The fourth-order valence-corrected chi connectivity index (χ4v) is 3.80. The summed E-state index contributed by atoms with van der Waals surface area (Å²) in [6.07, 6.45) is -2.43. The van der Waals surface area contributed by atoms with Gasteiger partial charge in [0.1, 0.15) is 17.0 Å². The number of hydrogen-bond acceptors (Lipinski definition) is 5. The number of alkyl halides is 3. The maximum atomic E-state index is 13.2. The van der Waals surface area contributed by atoms with Crippen LogP contribution in [-0.2, 0) is 19.3 Å². The van der Waals surface area contributed by atoms with Crippen LogP contribution in [0.1, 0.15) is 29.7 Å². The molecular weight excluding hydrogens is 399 g/mol. The fraction of sp³-hybridized carbons (Fsp3) is 0.350. The molecule has 1 aromatic carbocycles. The molecule has 7 nitrogen and oxygen atoms in total. The van der Waals surface area contributed by atoms with Crippen LogP contribution < -0.4 is 16.9 Å². The van der Waals surface area contributed by atoms with Crippen molar-refractivity contribution >= 4 is 16.9 Å². The Balaban J connectivity index is 1.78. The minimum Gasteiger partial charge on any atom is -0.382 e. The van der Waals surface area contributed by atoms with Gasteiger partial charge in [0.25, 0.3) is 0 Å². The summed E-state index contributed by atoms with van der Waals surface area (Å²) >= 11 is 0. The van der Waals surface area contributed by atoms with Crippen LogP contribution in [-0.4, -0.2) is 32.5 Å². The van der Waals surface area contributed by atoms with E-state index in [1.54, 1.807) is 6.07 Å². The lowest BCUT2D eigenvalue weighted by molar-refractivity contribution is -0.141. The third-order valence-electron chi connectivity index (χ3n) is 5.22. The molecule has 0 bridgehead atoms. The van der Waals surface area contributed by atoms with E-state index in [1.165, 1.54) is 0 Å². The summed E-state index contributed by atoms with van der Waals surface area (Å²) < 4.78 is 40.6. The molecule has 4 rings (SSSR count). The summed E-state index contributed by atoms with van der Waals surface area (Å²) in [4.78, 5) is 32.4. The largest absolute Gasteiger partial charge is 0.433 e. The second kappa shape index (κ2) is 7.60. The predicted octanol–water partition coefficient (Wildman–Crippen LogP) is 2.33. The zero-order valence-electron chi connectivity index (χ0n) is 16.0. The van der Waals surface area contributed by atoms with Crippen LogP contribution in [0.25, 0.3) is 11.0 Å². The van der Waals surface area contributed by atoms with Crippen molar-refractivity contribution in [1.82, 2.24) is 19.4 Å². The first-order valence-electron chi connectivity index (χ1n) is 9.53. The molecule has 1 aliphatic rings. The zero-order chi connectivity index (χ0) is 21.5. The van der Waals surface area contributed by atoms with Gasteiger partial charge in [-0.3, -0.25) is 19.1 Å². The molecule has 3 heterocycles. The first kappa shape index (κ1) is 20.1. The van der Waals surface area contributed by atoms with Gasteiger partial charge in [0.05, 0.1) is 12.1 Å². The minimum absolute atomic E-state index is 0.0617. The van der Waals surface area contributed by atoms with E-state index in [4.69, 9.17) is 5.73 Å². The van der Waals surface area contributed by atoms with Gasteiger partial charge in [0, 0.05) is 6.54 Å². The van der Waals surface area contributed by atoms with Gasteiger partial charge in [0.2, 0.25) is 0 Å². The lowest BCUT2D eigenvalue weighted by Gasteiger charge is -2.16. The quantitative estimate of drug-likeness (QED) is 0.633. The highest BCUT2D eigenvalue weighted by molar-refractivity contribution is 5.84. The molecule has 0 aliphatic carbocycles. The highest BCUT2D eigenvalue weighted by atomic mass is 19.4. The van der Waals surface area contributed by atoms with E-state index in [1.807, 2.05) is 18.2 Å². The SMILES string of the molecule is Nc1nc(C(F)(F)F)cc2c1[nH]c(=O)c(=O)n2Cc1cccc(CN2CCCC2)c1. The third-order valence-corrected chi connectivity index (χ3v) is 5.22. The second-order valence-corrected chi connectivity index (χ2v) is 7.43. The summed E-state index contributed by atoms with van der Waals surface area (Å²) in [7, 11) is 0. The monoisotopic (exact) mass is 419 g/mol. The van der Waals surface area contributed by atoms with Gasteiger partial charge in [-0.1, -0.05) is 24.3 Å². The van der Waals surface area contributed by atoms with E-state index in [-0.39, 0.29) is 17.6 Å². The molecule has 0 radical (unpaired) electrons. The van der Waals surface area contributed by atoms with Crippen LogP contribution in [0.2, 0.25) is 0 Å². The molecule has 0 saturated carbocycles. The summed E-state index contributed by atoms with van der Waals surface area (Å²) in [5.74, 6) is -0.492. The normalized spacial score (nSPS) is 15.2. The van der Waals surface area contributed by atoms with Crippen molar-refractivity contribution in [1.29, 1.82) is 0 Å². The van der Waals surface area contributed by atoms with Crippen LogP contribution in [0.3, 0.4) is 0 Å². The molecule has 30 heavy (non-hydrogen) atoms. The van der Waals surface area contributed by atoms with Crippen molar-refractivity contribution in [3.63, 3.8) is 0 Å². The molecule has 158 valence electrons. The zero-order valence-corrected chi connectivity index (χ0v) is 16.0. The summed E-state index contributed by atoms with van der Waals surface area (Å²) in [6.45, 7) is 2.74. The average Bonchev–Trinajstić information content (AvgIpc) is 3.18. The number of hydrogen-bond donors (Lipinski definition) is 2. The maximum absolute atomic E-state index is 13.2. The molecule has 0 amide bonds. The number of nitrogen functional groups attached to an aromatic ring is 1. The molecule has 3 N–H and O–H groups in total. The predicted molar refractivity (Wildman–Crippen MR) is 106 cm³/mol. The Morgan fingerprint density at radius 3 is 2.40 bits per heavy atom. The van der Waals surface area contributed by atoms with E-state index in [9.17, 15) is 22.8 Å². The molecule has 10 heteroatoms. The number of nitrogens with two attached hydrogens (primary N) is 1. The van der Waals surface area contributed by atoms with Crippen molar-refractivity contribution in [2.24, 2.45) is 0 Å². The number of aromatic nitrogens is 3. The molecule has 3 aromatic rings. The molecule has 1 aliphatic heterocycles. The van der Waals surface area contributed by atoms with Gasteiger partial charge in [-0.25, -0.2) is 4.98 Å². The van der Waals surface area contributed by atoms with Gasteiger partial charge in [-0.15, -0.1) is 0 Å². The molecule has 0 unspecified atom stereocenters. The highest BCUT2D eigenvalue weighted by Gasteiger charge is 2.34. The topological polar surface area (TPSA) is 97.0 Å². The van der Waals surface area contributed by atoms with Crippen molar-refractivity contribution in [2.75, 3.05) is 18.8 Å². The number of nitrogens with zero attached hydrogens (tertiary/aromatic N) is 3. The van der Waals surface area contributed by atoms with Crippen LogP contribution in [0.5, 0.6) is 0 Å². The van der Waals surface area contributed by atoms with Gasteiger partial charge < -0.3 is 10.7 Å².